The molecule has 1 N–H and O–H groups in total. The van der Waals surface area contributed by atoms with Crippen LogP contribution in [0.4, 0.5) is 14.5 Å². The van der Waals surface area contributed by atoms with Crippen molar-refractivity contribution in [3.05, 3.63) is 42.4 Å². The van der Waals surface area contributed by atoms with E-state index >= 15 is 0 Å². The maximum Gasteiger partial charge on any atom is 0.237 e. The lowest BCUT2D eigenvalue weighted by molar-refractivity contribution is 0.515. The summed E-state index contributed by atoms with van der Waals surface area (Å²) in [7, 11) is 0. The lowest BCUT2D eigenvalue weighted by atomic mass is 10.3. The van der Waals surface area contributed by atoms with Crippen molar-refractivity contribution in [3.63, 3.8) is 0 Å². The van der Waals surface area contributed by atoms with Gasteiger partial charge in [0.25, 0.3) is 0 Å². The molecule has 0 aromatic heterocycles. The van der Waals surface area contributed by atoms with Gasteiger partial charge in [0.2, 0.25) is 11.9 Å². The fourth-order valence-corrected chi connectivity index (χ4v) is 1.08. The van der Waals surface area contributed by atoms with Crippen molar-refractivity contribution in [1.29, 1.82) is 0 Å². The average Bonchev–Trinajstić information content (AvgIpc) is 2.18. The van der Waals surface area contributed by atoms with Crippen LogP contribution in [0.25, 0.3) is 0 Å². The zero-order valence-electron chi connectivity index (χ0n) is 7.11. The number of hydrogen-bond donors (Lipinski definition) is 1. The van der Waals surface area contributed by atoms with Crippen molar-refractivity contribution < 1.29 is 8.78 Å². The van der Waals surface area contributed by atoms with Crippen LogP contribution in [-0.4, -0.2) is 5.97 Å². The number of nitrogens with zero attached hydrogens (tertiary/aromatic N) is 2. The smallest absolute Gasteiger partial charge is 0.237 e. The fraction of sp³-hybridized carbons (Fsp3) is 0. The molecule has 3 nitrogen and oxygen atoms in total. The second kappa shape index (κ2) is 3.45. The third-order valence-electron chi connectivity index (χ3n) is 1.65. The third kappa shape index (κ3) is 1.71. The molecule has 5 heteroatoms. The van der Waals surface area contributed by atoms with Crippen molar-refractivity contribution in [2.75, 3.05) is 5.12 Å². The topological polar surface area (TPSA) is 27.6 Å². The number of hydrazone groups is 1. The normalized spacial score (nSPS) is 15.7. The molecule has 1 aromatic carbocycles. The highest BCUT2D eigenvalue weighted by Crippen LogP contribution is 2.15. The zero-order valence-corrected chi connectivity index (χ0v) is 7.11. The number of halogens is 2. The van der Waals surface area contributed by atoms with E-state index in [1.54, 1.807) is 30.3 Å². The van der Waals surface area contributed by atoms with Crippen LogP contribution in [0.5, 0.6) is 0 Å². The molecule has 0 unspecified atom stereocenters. The molecule has 1 heterocycles. The second-order valence-electron chi connectivity index (χ2n) is 2.67. The molecule has 1 aliphatic rings. The van der Waals surface area contributed by atoms with Crippen molar-refractivity contribution >= 4 is 11.7 Å². The molecule has 0 saturated carbocycles. The van der Waals surface area contributed by atoms with Gasteiger partial charge in [0.15, 0.2) is 0 Å². The average molecular weight is 195 g/mol. The van der Waals surface area contributed by atoms with Crippen LogP contribution in [0.1, 0.15) is 0 Å². The molecule has 0 atom stereocenters. The summed E-state index contributed by atoms with van der Waals surface area (Å²) < 4.78 is 25.5. The maximum atomic E-state index is 12.8. The Labute approximate surface area is 79.3 Å². The number of benzene rings is 1. The van der Waals surface area contributed by atoms with Crippen molar-refractivity contribution in [3.8, 4) is 0 Å². The largest absolute Gasteiger partial charge is 0.252 e. The number of hydrazine groups is 1. The monoisotopic (exact) mass is 195 g/mol. The van der Waals surface area contributed by atoms with Gasteiger partial charge in [-0.3, -0.25) is 5.43 Å². The van der Waals surface area contributed by atoms with Crippen molar-refractivity contribution in [1.82, 2.24) is 5.43 Å². The van der Waals surface area contributed by atoms with Gasteiger partial charge in [-0.05, 0) is 12.1 Å². The summed E-state index contributed by atoms with van der Waals surface area (Å²) >= 11 is 0. The zero-order chi connectivity index (χ0) is 9.97. The first-order valence-corrected chi connectivity index (χ1v) is 3.99. The molecule has 2 rings (SSSR count). The Morgan fingerprint density at radius 1 is 1.14 bits per heavy atom. The summed E-state index contributed by atoms with van der Waals surface area (Å²) in [5, 5.41) is 4.49. The number of hydrogen-bond acceptors (Lipinski definition) is 3. The van der Waals surface area contributed by atoms with E-state index in [0.717, 1.165) is 5.12 Å². The van der Waals surface area contributed by atoms with Crippen LogP contribution in [0.2, 0.25) is 0 Å². The van der Waals surface area contributed by atoms with Crippen LogP contribution in [0, 0.1) is 0 Å². The van der Waals surface area contributed by atoms with E-state index in [9.17, 15) is 8.78 Å². The lowest BCUT2D eigenvalue weighted by Gasteiger charge is -2.21. The molecule has 0 radical (unpaired) electrons. The minimum absolute atomic E-state index is 0.561. The number of allylic oxidation sites excluding steroid dienone is 1. The Hall–Kier alpha value is -1.91. The molecule has 14 heavy (non-hydrogen) atoms. The Morgan fingerprint density at radius 2 is 1.86 bits per heavy atom. The highest BCUT2D eigenvalue weighted by molar-refractivity contribution is 5.88. The van der Waals surface area contributed by atoms with Gasteiger partial charge in [0.1, 0.15) is 0 Å². The molecule has 0 aliphatic carbocycles. The van der Waals surface area contributed by atoms with E-state index in [1.165, 1.54) is 0 Å². The molecule has 1 aliphatic heterocycles. The summed E-state index contributed by atoms with van der Waals surface area (Å²) in [6.07, 6.45) is 0.680. The predicted octanol–water partition coefficient (Wildman–Crippen LogP) is 2.11. The van der Waals surface area contributed by atoms with E-state index in [4.69, 9.17) is 0 Å². The highest BCUT2D eigenvalue weighted by atomic mass is 19.1. The summed E-state index contributed by atoms with van der Waals surface area (Å²) in [6.45, 7) is 0. The van der Waals surface area contributed by atoms with Crippen LogP contribution < -0.4 is 10.5 Å². The first-order chi connectivity index (χ1) is 6.75. The summed E-state index contributed by atoms with van der Waals surface area (Å²) in [5.74, 6) is -1.65. The van der Waals surface area contributed by atoms with E-state index in [-0.39, 0.29) is 0 Å². The number of rotatable bonds is 1. The fourth-order valence-electron chi connectivity index (χ4n) is 1.08. The summed E-state index contributed by atoms with van der Waals surface area (Å²) in [6, 6.07) is 8.67. The van der Waals surface area contributed by atoms with Gasteiger partial charge in [-0.1, -0.05) is 18.2 Å². The van der Waals surface area contributed by atoms with Crippen LogP contribution in [0.15, 0.2) is 47.5 Å². The molecule has 72 valence electrons. The van der Waals surface area contributed by atoms with E-state index in [0.29, 0.717) is 11.8 Å². The molecule has 0 spiro atoms. The Bertz CT molecular complexity index is 386. The second-order valence-corrected chi connectivity index (χ2v) is 2.67. The molecule has 0 bridgehead atoms. The summed E-state index contributed by atoms with van der Waals surface area (Å²) in [5.41, 5.74) is 2.82. The van der Waals surface area contributed by atoms with E-state index in [2.05, 4.69) is 10.5 Å². The Balaban J connectivity index is 2.27. The van der Waals surface area contributed by atoms with E-state index < -0.39 is 11.9 Å². The van der Waals surface area contributed by atoms with Crippen molar-refractivity contribution in [2.45, 2.75) is 0 Å². The van der Waals surface area contributed by atoms with Crippen LogP contribution in [-0.2, 0) is 0 Å². The molecule has 0 amide bonds. The van der Waals surface area contributed by atoms with Crippen LogP contribution >= 0.6 is 0 Å². The van der Waals surface area contributed by atoms with Gasteiger partial charge >= 0.3 is 0 Å². The first kappa shape index (κ1) is 8.68. The number of para-hydroxylation sites is 1. The van der Waals surface area contributed by atoms with Crippen molar-refractivity contribution in [2.24, 2.45) is 5.10 Å². The standard InChI is InChI=1S/C9H7F2N3/c10-8-6-9(11)13-14(12-8)7-4-2-1-3-5-7/h1-6,12H. The first-order valence-electron chi connectivity index (χ1n) is 3.99. The molecule has 1 aromatic rings. The van der Waals surface area contributed by atoms with Gasteiger partial charge < -0.3 is 0 Å². The predicted molar refractivity (Wildman–Crippen MR) is 49.8 cm³/mol. The minimum atomic E-state index is -0.870. The summed E-state index contributed by atoms with van der Waals surface area (Å²) in [4.78, 5) is 0. The van der Waals surface area contributed by atoms with Gasteiger partial charge in [0.05, 0.1) is 5.69 Å². The minimum Gasteiger partial charge on any atom is -0.252 e. The molecular weight excluding hydrogens is 188 g/mol. The Morgan fingerprint density at radius 3 is 2.50 bits per heavy atom. The van der Waals surface area contributed by atoms with Gasteiger partial charge in [-0.15, -0.1) is 5.10 Å². The quantitative estimate of drug-likeness (QED) is 0.695. The third-order valence-corrected chi connectivity index (χ3v) is 1.65. The Kier molecular flexibility index (Phi) is 2.14. The number of anilines is 1. The molecule has 0 saturated heterocycles. The number of nitrogens with one attached hydrogen (secondary N) is 1. The van der Waals surface area contributed by atoms with Crippen LogP contribution in [0.3, 0.4) is 0 Å². The van der Waals surface area contributed by atoms with Gasteiger partial charge in [0, 0.05) is 6.08 Å². The van der Waals surface area contributed by atoms with E-state index in [1.807, 2.05) is 0 Å². The highest BCUT2D eigenvalue weighted by Gasteiger charge is 2.13. The maximum absolute atomic E-state index is 12.8. The lowest BCUT2D eigenvalue weighted by Crippen LogP contribution is -2.35. The van der Waals surface area contributed by atoms with Gasteiger partial charge in [-0.25, -0.2) is 0 Å². The molecular formula is C9H7F2N3. The SMILES string of the molecule is FC1=CC(F)=NN(c2ccccc2)N1. The van der Waals surface area contributed by atoms with Gasteiger partial charge in [-0.2, -0.15) is 13.9 Å². The molecule has 0 fully saturated rings.